The molecule has 0 aromatic carbocycles. The Morgan fingerprint density at radius 2 is 2.18 bits per heavy atom. The van der Waals surface area contributed by atoms with E-state index in [2.05, 4.69) is 16.9 Å². The maximum absolute atomic E-state index is 5.50. The third-order valence-electron chi connectivity index (χ3n) is 3.25. The summed E-state index contributed by atoms with van der Waals surface area (Å²) in [6.45, 7) is 5.64. The molecule has 1 aliphatic rings. The molecule has 0 atom stereocenters. The number of likely N-dealkylation sites (tertiary alicyclic amines) is 1. The van der Waals surface area contributed by atoms with Crippen molar-refractivity contribution in [3.05, 3.63) is 12.3 Å². The minimum Gasteiger partial charge on any atom is -0.405 e. The first-order valence-corrected chi connectivity index (χ1v) is 6.38. The lowest BCUT2D eigenvalue weighted by molar-refractivity contribution is 0.111. The van der Waals surface area contributed by atoms with Crippen LogP contribution in [0.3, 0.4) is 0 Å². The monoisotopic (exact) mass is 239 g/mol. The van der Waals surface area contributed by atoms with Crippen LogP contribution in [0.2, 0.25) is 0 Å². The molecule has 1 heterocycles. The number of nitrogens with two attached hydrogens (primary N) is 1. The first kappa shape index (κ1) is 14.2. The van der Waals surface area contributed by atoms with E-state index in [-0.39, 0.29) is 0 Å². The second-order valence-electron chi connectivity index (χ2n) is 4.73. The first-order chi connectivity index (χ1) is 8.22. The van der Waals surface area contributed by atoms with Crippen LogP contribution in [-0.4, -0.2) is 44.1 Å². The molecule has 0 radical (unpaired) electrons. The standard InChI is InChI=1S/C13H25N3O/c1-12(3-7-14)15-11-17-10-6-13-4-8-16(2)9-5-13/h3,7,13H,4-6,8-11,14H2,1-2H3/b7-3-,15-12-. The summed E-state index contributed by atoms with van der Waals surface area (Å²) in [7, 11) is 2.19. The number of aliphatic imine (C=N–C) groups is 1. The topological polar surface area (TPSA) is 50.9 Å². The molecule has 0 aromatic rings. The number of piperidine rings is 1. The van der Waals surface area contributed by atoms with E-state index >= 15 is 0 Å². The highest BCUT2D eigenvalue weighted by Crippen LogP contribution is 2.19. The summed E-state index contributed by atoms with van der Waals surface area (Å²) < 4.78 is 5.50. The van der Waals surface area contributed by atoms with E-state index in [4.69, 9.17) is 10.5 Å². The molecule has 2 N–H and O–H groups in total. The zero-order valence-electron chi connectivity index (χ0n) is 11.1. The van der Waals surface area contributed by atoms with E-state index in [1.165, 1.54) is 32.1 Å². The number of hydrogen-bond donors (Lipinski definition) is 1. The lowest BCUT2D eigenvalue weighted by Gasteiger charge is -2.28. The molecule has 0 bridgehead atoms. The molecule has 1 saturated heterocycles. The van der Waals surface area contributed by atoms with Gasteiger partial charge in [-0.15, -0.1) is 0 Å². The molecule has 0 aliphatic carbocycles. The number of allylic oxidation sites excluding steroid dienone is 1. The highest BCUT2D eigenvalue weighted by molar-refractivity contribution is 5.92. The van der Waals surface area contributed by atoms with Crippen molar-refractivity contribution in [1.82, 2.24) is 4.90 Å². The lowest BCUT2D eigenvalue weighted by Crippen LogP contribution is -2.30. The van der Waals surface area contributed by atoms with Crippen LogP contribution in [0.15, 0.2) is 17.3 Å². The summed E-state index contributed by atoms with van der Waals surface area (Å²) in [4.78, 5) is 6.62. The van der Waals surface area contributed by atoms with Crippen LogP contribution in [0.5, 0.6) is 0 Å². The second-order valence-corrected chi connectivity index (χ2v) is 4.73. The van der Waals surface area contributed by atoms with Crippen molar-refractivity contribution in [2.75, 3.05) is 33.5 Å². The fraction of sp³-hybridized carbons (Fsp3) is 0.769. The molecule has 0 amide bonds. The highest BCUT2D eigenvalue weighted by atomic mass is 16.5. The third-order valence-corrected chi connectivity index (χ3v) is 3.25. The molecule has 98 valence electrons. The summed E-state index contributed by atoms with van der Waals surface area (Å²) in [5, 5.41) is 0. The molecule has 0 unspecified atom stereocenters. The van der Waals surface area contributed by atoms with Gasteiger partial charge in [0, 0.05) is 12.3 Å². The molecule has 1 aliphatic heterocycles. The van der Waals surface area contributed by atoms with Crippen molar-refractivity contribution in [1.29, 1.82) is 0 Å². The molecule has 1 rings (SSSR count). The van der Waals surface area contributed by atoms with Crippen LogP contribution in [-0.2, 0) is 4.74 Å². The van der Waals surface area contributed by atoms with Gasteiger partial charge in [0.15, 0.2) is 0 Å². The average Bonchev–Trinajstić information content (AvgIpc) is 2.31. The minimum absolute atomic E-state index is 0.447. The average molecular weight is 239 g/mol. The lowest BCUT2D eigenvalue weighted by atomic mass is 9.94. The summed E-state index contributed by atoms with van der Waals surface area (Å²) in [5.41, 5.74) is 6.17. The maximum atomic E-state index is 5.50. The van der Waals surface area contributed by atoms with E-state index in [1.807, 2.05) is 6.92 Å². The molecule has 0 saturated carbocycles. The molecular formula is C13H25N3O. The smallest absolute Gasteiger partial charge is 0.137 e. The Hall–Kier alpha value is -0.870. The maximum Gasteiger partial charge on any atom is 0.137 e. The molecule has 1 fully saturated rings. The highest BCUT2D eigenvalue weighted by Gasteiger charge is 2.15. The Morgan fingerprint density at radius 1 is 1.47 bits per heavy atom. The van der Waals surface area contributed by atoms with Gasteiger partial charge in [0.2, 0.25) is 0 Å². The van der Waals surface area contributed by atoms with Crippen molar-refractivity contribution in [2.24, 2.45) is 16.6 Å². The normalized spacial score (nSPS) is 20.2. The van der Waals surface area contributed by atoms with Gasteiger partial charge in [0.05, 0.1) is 0 Å². The van der Waals surface area contributed by atoms with Gasteiger partial charge in [0.25, 0.3) is 0 Å². The van der Waals surface area contributed by atoms with Crippen molar-refractivity contribution in [3.63, 3.8) is 0 Å². The van der Waals surface area contributed by atoms with Crippen LogP contribution < -0.4 is 5.73 Å². The molecule has 4 nitrogen and oxygen atoms in total. The number of nitrogens with zero attached hydrogens (tertiary/aromatic N) is 2. The van der Waals surface area contributed by atoms with E-state index in [0.717, 1.165) is 24.7 Å². The Balaban J connectivity index is 2.02. The number of rotatable bonds is 6. The third kappa shape index (κ3) is 6.44. The minimum atomic E-state index is 0.447. The van der Waals surface area contributed by atoms with Gasteiger partial charge in [-0.1, -0.05) is 0 Å². The quantitative estimate of drug-likeness (QED) is 0.566. The molecule has 17 heavy (non-hydrogen) atoms. The summed E-state index contributed by atoms with van der Waals surface area (Å²) in [6, 6.07) is 0. The predicted octanol–water partition coefficient (Wildman–Crippen LogP) is 1.63. The largest absolute Gasteiger partial charge is 0.405 e. The fourth-order valence-corrected chi connectivity index (χ4v) is 2.00. The Bertz CT molecular complexity index is 255. The zero-order chi connectivity index (χ0) is 12.5. The SMILES string of the molecule is CC(/C=C\N)=N/COCCC1CCN(C)CC1. The Kier molecular flexibility index (Phi) is 6.89. The summed E-state index contributed by atoms with van der Waals surface area (Å²) in [6.07, 6.45) is 7.04. The zero-order valence-corrected chi connectivity index (χ0v) is 11.1. The van der Waals surface area contributed by atoms with Gasteiger partial charge in [-0.3, -0.25) is 4.99 Å². The molecule has 4 heteroatoms. The van der Waals surface area contributed by atoms with Crippen LogP contribution in [0, 0.1) is 5.92 Å². The molecule has 0 spiro atoms. The van der Waals surface area contributed by atoms with E-state index < -0.39 is 0 Å². The Morgan fingerprint density at radius 3 is 2.82 bits per heavy atom. The van der Waals surface area contributed by atoms with Gasteiger partial charge in [-0.2, -0.15) is 0 Å². The summed E-state index contributed by atoms with van der Waals surface area (Å²) >= 11 is 0. The van der Waals surface area contributed by atoms with E-state index in [9.17, 15) is 0 Å². The number of hydrogen-bond acceptors (Lipinski definition) is 4. The van der Waals surface area contributed by atoms with Gasteiger partial charge in [-0.25, -0.2) is 0 Å². The van der Waals surface area contributed by atoms with Crippen molar-refractivity contribution < 1.29 is 4.74 Å². The predicted molar refractivity (Wildman–Crippen MR) is 72.1 cm³/mol. The summed E-state index contributed by atoms with van der Waals surface area (Å²) in [5.74, 6) is 0.834. The van der Waals surface area contributed by atoms with Crippen molar-refractivity contribution in [3.8, 4) is 0 Å². The fourth-order valence-electron chi connectivity index (χ4n) is 2.00. The van der Waals surface area contributed by atoms with Gasteiger partial charge in [0.1, 0.15) is 6.73 Å². The van der Waals surface area contributed by atoms with Crippen molar-refractivity contribution in [2.45, 2.75) is 26.2 Å². The van der Waals surface area contributed by atoms with Crippen LogP contribution >= 0.6 is 0 Å². The second kappa shape index (κ2) is 8.25. The van der Waals surface area contributed by atoms with E-state index in [0.29, 0.717) is 6.73 Å². The van der Waals surface area contributed by atoms with Crippen LogP contribution in [0.25, 0.3) is 0 Å². The van der Waals surface area contributed by atoms with Gasteiger partial charge >= 0.3 is 0 Å². The van der Waals surface area contributed by atoms with Gasteiger partial charge in [-0.05, 0) is 64.5 Å². The van der Waals surface area contributed by atoms with Crippen LogP contribution in [0.4, 0.5) is 0 Å². The van der Waals surface area contributed by atoms with E-state index in [1.54, 1.807) is 6.08 Å². The van der Waals surface area contributed by atoms with Crippen LogP contribution in [0.1, 0.15) is 26.2 Å². The first-order valence-electron chi connectivity index (χ1n) is 6.38. The molecule has 0 aromatic heterocycles. The van der Waals surface area contributed by atoms with Crippen molar-refractivity contribution >= 4 is 5.71 Å². The van der Waals surface area contributed by atoms with Gasteiger partial charge < -0.3 is 15.4 Å². The Labute approximate surface area is 105 Å². The molecular weight excluding hydrogens is 214 g/mol. The number of ether oxygens (including phenoxy) is 1.